The molecule has 7 heterocycles. The topological polar surface area (TPSA) is 381 Å². The molecule has 122 heavy (non-hydrogen) atoms. The molecule has 0 saturated carbocycles. The first-order chi connectivity index (χ1) is 56.7. The summed E-state index contributed by atoms with van der Waals surface area (Å²) in [6.07, 6.45) is -12.8. The van der Waals surface area contributed by atoms with Crippen LogP contribution in [0.3, 0.4) is 0 Å². The van der Waals surface area contributed by atoms with Gasteiger partial charge in [-0.3, -0.25) is 24.1 Å². The summed E-state index contributed by atoms with van der Waals surface area (Å²) in [5, 5.41) is 58.6. The Morgan fingerprint density at radius 2 is 0.967 bits per heavy atom. The molecular formula is C89H165N7O26. The second kappa shape index (κ2) is 45.8. The van der Waals surface area contributed by atoms with Crippen LogP contribution in [0.1, 0.15) is 218 Å². The van der Waals surface area contributed by atoms with E-state index in [4.69, 9.17) is 91.0 Å². The van der Waals surface area contributed by atoms with Gasteiger partial charge in [-0.25, -0.2) is 0 Å². The summed E-state index contributed by atoms with van der Waals surface area (Å²) in [5.41, 5.74) is -2.12. The lowest BCUT2D eigenvalue weighted by molar-refractivity contribution is -0.322. The molecule has 33 nitrogen and oxygen atoms in total. The van der Waals surface area contributed by atoms with Crippen molar-refractivity contribution in [1.82, 2.24) is 24.5 Å². The third kappa shape index (κ3) is 26.6. The molecule has 7 fully saturated rings. The average molecular weight is 1750 g/mol. The first-order valence-corrected chi connectivity index (χ1v) is 44.7. The molecule has 1 unspecified atom stereocenters. The minimum atomic E-state index is -1.81. The van der Waals surface area contributed by atoms with E-state index in [2.05, 4.69) is 34.6 Å². The Morgan fingerprint density at radius 1 is 0.566 bits per heavy atom. The summed E-state index contributed by atoms with van der Waals surface area (Å²) in [4.78, 5) is 63.8. The number of rotatable bonds is 24. The van der Waals surface area contributed by atoms with Gasteiger partial charge in [-0.05, 0) is 217 Å². The lowest BCUT2D eigenvalue weighted by atomic mass is 9.77. The summed E-state index contributed by atoms with van der Waals surface area (Å²) in [6, 6.07) is 1.21. The van der Waals surface area contributed by atoms with Gasteiger partial charge in [-0.1, -0.05) is 41.5 Å². The molecule has 7 aliphatic heterocycles. The Balaban J connectivity index is 0.000000435. The Bertz CT molecular complexity index is 3280. The number of ether oxygens (including phenoxy) is 18. The third-order valence-electron chi connectivity index (χ3n) is 27.0. The molecule has 7 rings (SSSR count). The van der Waals surface area contributed by atoms with E-state index in [9.17, 15) is 44.9 Å². The number of cyclic esters (lactones) is 2. The van der Waals surface area contributed by atoms with Gasteiger partial charge in [-0.15, -0.1) is 0 Å². The van der Waals surface area contributed by atoms with Gasteiger partial charge in [0.2, 0.25) is 6.41 Å². The third-order valence-corrected chi connectivity index (χ3v) is 27.0. The number of aliphatic hydroxyl groups excluding tert-OH is 1. The van der Waals surface area contributed by atoms with Gasteiger partial charge < -0.3 is 131 Å². The van der Waals surface area contributed by atoms with Crippen molar-refractivity contribution in [2.45, 2.75) is 404 Å². The van der Waals surface area contributed by atoms with Crippen LogP contribution < -0.4 is 5.73 Å². The first-order valence-electron chi connectivity index (χ1n) is 44.7. The largest absolute Gasteiger partial charge is 0.459 e. The molecule has 0 bridgehead atoms. The molecule has 7 saturated heterocycles. The molecule has 0 spiro atoms. The highest BCUT2D eigenvalue weighted by molar-refractivity contribution is 5.73. The van der Waals surface area contributed by atoms with Crippen molar-refractivity contribution in [1.29, 1.82) is 5.26 Å². The standard InChI is InChI=1S/C46H82N4O13.C43H81N3O13.H2/c1-18-34-46(11)39(62-43(63-46)49(14)15)30(6)50(16)25-26(2)23-44(9,53)38(61-42-37(55-21-19-20-47)33(48(12)13)22-27(3)56-42)28(4)36(29(5)41(52)59-34)60-35-24-45(10,54-17)40(31(7)57-35)58-32(8)51;1-16-32-43(11,51)36(48)28(6)46(14)23-24(2)21-41(9,50)37(59-40-35(53-19-17-18-44)31(45(12)13)20-25(3)54-40)26(4)34(27(5)39(49)57-32)58-33-22-42(10,52-15)38(29(7)55-33)56-30(8)47;/h26-31,33-40,42-43,53H,18-19,21-25H2,1-17H3;24-29,31-38,40,48,50-51H,16-23,44H2,1-15H3;1H/t26-,27-,28+,29-,30-,31+,33+,34-,35+,36+,37-,38-,39-,40+,42+,43?,44-,45-,46-;24-,25-,26+,27-,28-,29+,31+,32-,33+,34+,35-,36-,37-,38+,40+,41-,42-,43-;/m11./s1. The van der Waals surface area contributed by atoms with Crippen LogP contribution in [-0.2, 0) is 104 Å². The lowest BCUT2D eigenvalue weighted by Gasteiger charge is -2.49. The summed E-state index contributed by atoms with van der Waals surface area (Å²) < 4.78 is 116. The molecule has 0 aromatic carbocycles. The number of nitrogens with zero attached hydrogens (tertiary/aromatic N) is 6. The van der Waals surface area contributed by atoms with E-state index >= 15 is 0 Å². The zero-order valence-electron chi connectivity index (χ0n) is 80.0. The molecule has 0 aromatic heterocycles. The minimum absolute atomic E-state index is 0. The fourth-order valence-electron chi connectivity index (χ4n) is 20.1. The lowest BCUT2D eigenvalue weighted by Crippen LogP contribution is -2.61. The normalized spacial score (nSPS) is 45.0. The van der Waals surface area contributed by atoms with E-state index in [1.54, 1.807) is 55.6 Å². The second-order valence-electron chi connectivity index (χ2n) is 38.7. The van der Waals surface area contributed by atoms with Crippen LogP contribution in [0.15, 0.2) is 0 Å². The molecule has 0 radical (unpaired) electrons. The van der Waals surface area contributed by atoms with Crippen LogP contribution in [0.5, 0.6) is 0 Å². The second-order valence-corrected chi connectivity index (χ2v) is 38.7. The highest BCUT2D eigenvalue weighted by Crippen LogP contribution is 2.47. The Hall–Kier alpha value is -3.59. The number of likely N-dealkylation sites (N-methyl/N-ethyl adjacent to an activating group) is 4. The number of nitrogens with two attached hydrogens (primary N) is 1. The number of carbonyl (C=O) groups is 4. The Morgan fingerprint density at radius 3 is 1.34 bits per heavy atom. The van der Waals surface area contributed by atoms with Gasteiger partial charge in [0, 0.05) is 98.0 Å². The van der Waals surface area contributed by atoms with Crippen molar-refractivity contribution >= 4 is 23.9 Å². The van der Waals surface area contributed by atoms with Crippen molar-refractivity contribution in [3.05, 3.63) is 0 Å². The van der Waals surface area contributed by atoms with Crippen LogP contribution in [0.4, 0.5) is 0 Å². The number of carbonyl (C=O) groups excluding carboxylic acids is 4. The number of esters is 4. The maximum absolute atomic E-state index is 14.9. The van der Waals surface area contributed by atoms with Crippen LogP contribution in [0, 0.1) is 46.8 Å². The highest BCUT2D eigenvalue weighted by Gasteiger charge is 2.60. The monoisotopic (exact) mass is 1750 g/mol. The van der Waals surface area contributed by atoms with Crippen LogP contribution >= 0.6 is 0 Å². The van der Waals surface area contributed by atoms with E-state index in [0.717, 1.165) is 0 Å². The number of fused-ring (bicyclic) bond motifs is 1. The molecule has 0 aromatic rings. The van der Waals surface area contributed by atoms with Crippen molar-refractivity contribution in [2.24, 2.45) is 41.2 Å². The predicted molar refractivity (Wildman–Crippen MR) is 456 cm³/mol. The van der Waals surface area contributed by atoms with Crippen LogP contribution in [0.2, 0.25) is 0 Å². The maximum atomic E-state index is 14.9. The fourth-order valence-corrected chi connectivity index (χ4v) is 20.1. The predicted octanol–water partition coefficient (Wildman–Crippen LogP) is 7.41. The van der Waals surface area contributed by atoms with Gasteiger partial charge in [0.05, 0.1) is 91.0 Å². The van der Waals surface area contributed by atoms with Crippen LogP contribution in [0.25, 0.3) is 0 Å². The number of methoxy groups -OCH3 is 2. The highest BCUT2D eigenvalue weighted by atomic mass is 16.8. The molecule has 33 heteroatoms. The van der Waals surface area contributed by atoms with Gasteiger partial charge >= 0.3 is 23.9 Å². The summed E-state index contributed by atoms with van der Waals surface area (Å²) in [5.74, 6) is -5.82. The van der Waals surface area contributed by atoms with Gasteiger partial charge in [0.15, 0.2) is 37.4 Å². The van der Waals surface area contributed by atoms with Gasteiger partial charge in [0.1, 0.15) is 59.0 Å². The van der Waals surface area contributed by atoms with Gasteiger partial charge in [0.25, 0.3) is 0 Å². The number of hydrogen-bond acceptors (Lipinski definition) is 33. The summed E-state index contributed by atoms with van der Waals surface area (Å²) in [7, 11) is 18.6. The Kier molecular flexibility index (Phi) is 40.2. The summed E-state index contributed by atoms with van der Waals surface area (Å²) >= 11 is 0. The molecule has 0 amide bonds. The molecule has 712 valence electrons. The molecular weight excluding hydrogens is 1580 g/mol. The molecule has 37 atom stereocenters. The fraction of sp³-hybridized carbons (Fsp3) is 0.944. The number of aliphatic hydroxyl groups is 4. The van der Waals surface area contributed by atoms with E-state index in [1.165, 1.54) is 27.9 Å². The van der Waals surface area contributed by atoms with E-state index in [0.29, 0.717) is 58.3 Å². The maximum Gasteiger partial charge on any atom is 0.311 e. The SMILES string of the molecule is CC[C@H]1OC(=O)[C@H](C)[C@@H](O[C@H]2C[C@@](C)(OC)[C@@H](OC(C)=O)[C@H](C)O2)[C@H](C)[C@@H](O[C@@H]2O[C@H](C)C[C@H](N(C)C)[C@H]2OCCC#N)[C@](C)(O)C[C@@H](C)CN(C)[C@H](C)[C@H]2OC(N(C)C)O[C@@]21C.CC[C@H]1OC(=O)[C@H](C)[C@@H](O[C@H]2C[C@@](C)(OC)[C@@H](OC(C)=O)[C@H](C)O2)[C@H](C)[C@@H](O[C@@H]2O[C@H](C)C[C@H](N(C)C)[C@H]2OCCCN)[C@](C)(O)C[C@@H](C)CN(C)[C@H](C)[C@@H](O)[C@]1(C)O.[HH]. The van der Waals surface area contributed by atoms with Crippen LogP contribution in [-0.4, -0.2) is 359 Å². The zero-order chi connectivity index (χ0) is 92.1. The van der Waals surface area contributed by atoms with Crippen molar-refractivity contribution in [3.63, 3.8) is 0 Å². The quantitative estimate of drug-likeness (QED) is 0.0357. The van der Waals surface area contributed by atoms with Crippen molar-refractivity contribution < 1.29 is 126 Å². The minimum Gasteiger partial charge on any atom is -0.459 e. The van der Waals surface area contributed by atoms with Crippen molar-refractivity contribution in [2.75, 3.05) is 103 Å². The first kappa shape index (κ1) is 107. The number of hydrogen-bond donors (Lipinski definition) is 5. The smallest absolute Gasteiger partial charge is 0.311 e. The van der Waals surface area contributed by atoms with Crippen molar-refractivity contribution in [3.8, 4) is 6.07 Å². The van der Waals surface area contributed by atoms with E-state index in [-0.39, 0.29) is 82.3 Å². The number of nitriles is 1. The Labute approximate surface area is 731 Å². The average Bonchev–Trinajstić information content (AvgIpc) is 1.57. The molecule has 6 N–H and O–H groups in total. The zero-order valence-corrected chi connectivity index (χ0v) is 80.0. The van der Waals surface area contributed by atoms with E-state index in [1.807, 2.05) is 135 Å². The van der Waals surface area contributed by atoms with Gasteiger partial charge in [-0.2, -0.15) is 5.26 Å². The summed E-state index contributed by atoms with van der Waals surface area (Å²) in [6.45, 7) is 41.8. The molecule has 0 aliphatic carbocycles. The van der Waals surface area contributed by atoms with E-state index < -0.39 is 204 Å². The molecule has 7 aliphatic rings.